The quantitative estimate of drug-likeness (QED) is 0.762. The molecule has 1 fully saturated rings. The Kier molecular flexibility index (Phi) is 6.09. The number of aromatic nitrogens is 2. The van der Waals surface area contributed by atoms with Crippen LogP contribution in [0.3, 0.4) is 0 Å². The summed E-state index contributed by atoms with van der Waals surface area (Å²) >= 11 is 1.71. The molecule has 26 heavy (non-hydrogen) atoms. The van der Waals surface area contributed by atoms with Crippen LogP contribution in [0.5, 0.6) is 5.88 Å². The number of amides is 1. The van der Waals surface area contributed by atoms with Gasteiger partial charge in [-0.05, 0) is 25.7 Å². The summed E-state index contributed by atoms with van der Waals surface area (Å²) in [5, 5.41) is 3.96. The van der Waals surface area contributed by atoms with Crippen LogP contribution in [0.1, 0.15) is 51.5 Å². The lowest BCUT2D eigenvalue weighted by atomic mass is 9.83. The van der Waals surface area contributed by atoms with Crippen LogP contribution in [0.25, 0.3) is 10.2 Å². The van der Waals surface area contributed by atoms with Gasteiger partial charge in [0.1, 0.15) is 5.52 Å². The largest absolute Gasteiger partial charge is 0.477 e. The highest BCUT2D eigenvalue weighted by Crippen LogP contribution is 2.32. The van der Waals surface area contributed by atoms with Crippen LogP contribution in [-0.2, 0) is 9.53 Å². The van der Waals surface area contributed by atoms with Gasteiger partial charge in [0, 0.05) is 24.9 Å². The van der Waals surface area contributed by atoms with Crippen LogP contribution in [-0.4, -0.2) is 41.2 Å². The third-order valence-electron chi connectivity index (χ3n) is 4.45. The Bertz CT molecular complexity index is 756. The van der Waals surface area contributed by atoms with Gasteiger partial charge in [-0.25, -0.2) is 9.97 Å². The van der Waals surface area contributed by atoms with E-state index in [1.807, 2.05) is 13.0 Å². The van der Waals surface area contributed by atoms with E-state index in [9.17, 15) is 4.79 Å². The Hall–Kier alpha value is -1.73. The minimum atomic E-state index is -0.0214. The van der Waals surface area contributed by atoms with E-state index in [0.29, 0.717) is 30.9 Å². The minimum absolute atomic E-state index is 0.0214. The van der Waals surface area contributed by atoms with E-state index in [4.69, 9.17) is 9.47 Å². The van der Waals surface area contributed by atoms with Crippen LogP contribution < -0.4 is 10.1 Å². The number of ether oxygens (including phenoxy) is 2. The summed E-state index contributed by atoms with van der Waals surface area (Å²) in [5.41, 5.74) is 0.941. The van der Waals surface area contributed by atoms with Crippen molar-refractivity contribution in [1.29, 1.82) is 0 Å². The fraction of sp³-hybridized carbons (Fsp3) is 0.632. The lowest BCUT2D eigenvalue weighted by molar-refractivity contribution is -0.120. The van der Waals surface area contributed by atoms with Crippen LogP contribution >= 0.6 is 11.3 Å². The summed E-state index contributed by atoms with van der Waals surface area (Å²) in [7, 11) is 0. The number of rotatable bonds is 8. The summed E-state index contributed by atoms with van der Waals surface area (Å²) in [6.07, 6.45) is 4.05. The number of fused-ring (bicyclic) bond motifs is 1. The maximum atomic E-state index is 11.0. The van der Waals surface area contributed by atoms with Crippen molar-refractivity contribution < 1.29 is 14.3 Å². The van der Waals surface area contributed by atoms with Crippen LogP contribution in [0, 0.1) is 5.92 Å². The van der Waals surface area contributed by atoms with Crippen molar-refractivity contribution >= 4 is 27.5 Å². The molecule has 2 aromatic heterocycles. The smallest absolute Gasteiger partial charge is 0.217 e. The van der Waals surface area contributed by atoms with E-state index in [-0.39, 0.29) is 18.1 Å². The molecule has 142 valence electrons. The van der Waals surface area contributed by atoms with Gasteiger partial charge in [-0.1, -0.05) is 13.8 Å². The van der Waals surface area contributed by atoms with Gasteiger partial charge in [0.05, 0.1) is 35.2 Å². The maximum Gasteiger partial charge on any atom is 0.217 e. The van der Waals surface area contributed by atoms with E-state index < -0.39 is 0 Å². The van der Waals surface area contributed by atoms with Gasteiger partial charge in [-0.15, -0.1) is 11.3 Å². The first-order valence-electron chi connectivity index (χ1n) is 9.18. The van der Waals surface area contributed by atoms with Gasteiger partial charge in [0.2, 0.25) is 11.8 Å². The molecule has 0 spiro atoms. The molecule has 0 radical (unpaired) electrons. The Labute approximate surface area is 158 Å². The molecule has 6 nitrogen and oxygen atoms in total. The Morgan fingerprint density at radius 1 is 1.38 bits per heavy atom. The number of nitrogens with one attached hydrogen (secondary N) is 1. The third-order valence-corrected chi connectivity index (χ3v) is 5.77. The molecule has 1 N–H and O–H groups in total. The normalized spacial score (nSPS) is 20.8. The molecule has 1 saturated carbocycles. The Balaban J connectivity index is 1.40. The van der Waals surface area contributed by atoms with Gasteiger partial charge in [-0.2, -0.15) is 0 Å². The van der Waals surface area contributed by atoms with Gasteiger partial charge >= 0.3 is 0 Å². The number of nitrogens with zero attached hydrogens (tertiary/aromatic N) is 2. The average Bonchev–Trinajstić information content (AvgIpc) is 2.95. The molecule has 2 heterocycles. The lowest BCUT2D eigenvalue weighted by Crippen LogP contribution is -2.40. The molecule has 0 aliphatic heterocycles. The first kappa shape index (κ1) is 19.0. The monoisotopic (exact) mass is 377 g/mol. The summed E-state index contributed by atoms with van der Waals surface area (Å²) in [5.74, 6) is 1.57. The molecule has 1 amide bonds. The van der Waals surface area contributed by atoms with Crippen molar-refractivity contribution in [2.45, 2.75) is 58.6 Å². The lowest BCUT2D eigenvalue weighted by Gasteiger charge is -2.35. The Morgan fingerprint density at radius 2 is 2.15 bits per heavy atom. The van der Waals surface area contributed by atoms with Crippen molar-refractivity contribution in [1.82, 2.24) is 15.3 Å². The predicted molar refractivity (Wildman–Crippen MR) is 103 cm³/mol. The predicted octanol–water partition coefficient (Wildman–Crippen LogP) is 3.51. The average molecular weight is 378 g/mol. The van der Waals surface area contributed by atoms with Crippen LogP contribution in [0.2, 0.25) is 0 Å². The summed E-state index contributed by atoms with van der Waals surface area (Å²) in [6.45, 7) is 8.99. The first-order chi connectivity index (χ1) is 12.4. The zero-order valence-corrected chi connectivity index (χ0v) is 16.6. The third kappa shape index (κ3) is 4.92. The van der Waals surface area contributed by atoms with Crippen molar-refractivity contribution in [3.63, 3.8) is 0 Å². The van der Waals surface area contributed by atoms with Gasteiger partial charge in [0.25, 0.3) is 0 Å². The SMILES string of the molecule is CC(=O)N[C@@H](C)CO[C@H]1C[C@H](COc2cc3sc(C(C)C)nc3cn2)C1. The maximum absolute atomic E-state index is 11.0. The van der Waals surface area contributed by atoms with Crippen molar-refractivity contribution in [2.75, 3.05) is 13.2 Å². The highest BCUT2D eigenvalue weighted by Gasteiger charge is 2.30. The minimum Gasteiger partial charge on any atom is -0.477 e. The zero-order valence-electron chi connectivity index (χ0n) is 15.8. The number of hydrogen-bond acceptors (Lipinski definition) is 6. The number of carbonyl (C=O) groups excluding carboxylic acids is 1. The molecule has 7 heteroatoms. The number of pyridine rings is 1. The molecular weight excluding hydrogens is 350 g/mol. The van der Waals surface area contributed by atoms with Gasteiger partial charge in [0.15, 0.2) is 0 Å². The second-order valence-electron chi connectivity index (χ2n) is 7.40. The Morgan fingerprint density at radius 3 is 2.85 bits per heavy atom. The number of thiazole rings is 1. The summed E-state index contributed by atoms with van der Waals surface area (Å²) in [6, 6.07) is 2.04. The van der Waals surface area contributed by atoms with E-state index in [1.165, 1.54) is 6.92 Å². The number of carbonyl (C=O) groups is 1. The molecule has 0 unspecified atom stereocenters. The van der Waals surface area contributed by atoms with E-state index in [1.54, 1.807) is 17.5 Å². The van der Waals surface area contributed by atoms with E-state index >= 15 is 0 Å². The fourth-order valence-corrected chi connectivity index (χ4v) is 3.94. The molecule has 1 aliphatic rings. The highest BCUT2D eigenvalue weighted by atomic mass is 32.1. The van der Waals surface area contributed by atoms with Crippen LogP contribution in [0.15, 0.2) is 12.3 Å². The van der Waals surface area contributed by atoms with E-state index in [2.05, 4.69) is 29.1 Å². The molecule has 0 bridgehead atoms. The molecular formula is C19H27N3O3S. The molecule has 3 rings (SSSR count). The standard InChI is InChI=1S/C19H27N3O3S/c1-11(2)19-22-16-8-20-18(7-17(16)26-19)25-10-14-5-15(6-14)24-9-12(3)21-13(4)23/h7-8,11-12,14-15H,5-6,9-10H2,1-4H3,(H,21,23)/t12-,14-,15-/m0/s1. The van der Waals surface area contributed by atoms with Gasteiger partial charge < -0.3 is 14.8 Å². The molecule has 1 aliphatic carbocycles. The summed E-state index contributed by atoms with van der Waals surface area (Å²) in [4.78, 5) is 19.9. The van der Waals surface area contributed by atoms with Crippen molar-refractivity contribution in [2.24, 2.45) is 5.92 Å². The number of hydrogen-bond donors (Lipinski definition) is 1. The first-order valence-corrected chi connectivity index (χ1v) is 10.00. The highest BCUT2D eigenvalue weighted by molar-refractivity contribution is 7.18. The molecule has 1 atom stereocenters. The fourth-order valence-electron chi connectivity index (χ4n) is 2.98. The zero-order chi connectivity index (χ0) is 18.7. The van der Waals surface area contributed by atoms with Crippen molar-refractivity contribution in [3.05, 3.63) is 17.3 Å². The van der Waals surface area contributed by atoms with Gasteiger partial charge in [-0.3, -0.25) is 4.79 Å². The topological polar surface area (TPSA) is 73.3 Å². The van der Waals surface area contributed by atoms with Crippen molar-refractivity contribution in [3.8, 4) is 5.88 Å². The second-order valence-corrected chi connectivity index (χ2v) is 8.46. The molecule has 0 saturated heterocycles. The second kappa shape index (κ2) is 8.31. The summed E-state index contributed by atoms with van der Waals surface area (Å²) < 4.78 is 12.8. The van der Waals surface area contributed by atoms with E-state index in [0.717, 1.165) is 28.1 Å². The van der Waals surface area contributed by atoms with Crippen LogP contribution in [0.4, 0.5) is 0 Å². The molecule has 2 aromatic rings. The molecule has 0 aromatic carbocycles.